The molecule has 23 heavy (non-hydrogen) atoms. The number of hydrogen-bond acceptors (Lipinski definition) is 2. The first-order valence-electron chi connectivity index (χ1n) is 7.89. The fraction of sp³-hybridized carbons (Fsp3) is 0.389. The van der Waals surface area contributed by atoms with Crippen molar-refractivity contribution in [2.75, 3.05) is 26.3 Å². The van der Waals surface area contributed by atoms with Crippen LogP contribution in [0.1, 0.15) is 18.9 Å². The Morgan fingerprint density at radius 2 is 1.96 bits per heavy atom. The Balaban J connectivity index is 0.00000264. The summed E-state index contributed by atoms with van der Waals surface area (Å²) in [6, 6.07) is 14.9. The van der Waals surface area contributed by atoms with Gasteiger partial charge in [0.1, 0.15) is 0 Å². The first-order chi connectivity index (χ1) is 10.8. The van der Waals surface area contributed by atoms with Crippen LogP contribution in [-0.2, 0) is 11.2 Å². The lowest BCUT2D eigenvalue weighted by atomic mass is 10.0. The number of rotatable bonds is 8. The zero-order chi connectivity index (χ0) is 15.6. The molecule has 0 unspecified atom stereocenters. The Morgan fingerprint density at radius 1 is 1.17 bits per heavy atom. The highest BCUT2D eigenvalue weighted by molar-refractivity contribution is 14.0. The van der Waals surface area contributed by atoms with Gasteiger partial charge < -0.3 is 15.8 Å². The van der Waals surface area contributed by atoms with Gasteiger partial charge in [0.15, 0.2) is 5.96 Å². The number of hydrogen-bond donors (Lipinski definition) is 2. The molecule has 2 aromatic carbocycles. The van der Waals surface area contributed by atoms with Gasteiger partial charge in [-0.05, 0) is 36.1 Å². The maximum absolute atomic E-state index is 5.86. The average Bonchev–Trinajstić information content (AvgIpc) is 2.55. The third-order valence-electron chi connectivity index (χ3n) is 3.51. The van der Waals surface area contributed by atoms with Crippen LogP contribution in [0, 0.1) is 0 Å². The average molecular weight is 427 g/mol. The van der Waals surface area contributed by atoms with E-state index in [1.54, 1.807) is 0 Å². The van der Waals surface area contributed by atoms with E-state index in [2.05, 4.69) is 52.8 Å². The highest BCUT2D eigenvalue weighted by Crippen LogP contribution is 2.18. The molecular weight excluding hydrogens is 401 g/mol. The molecule has 0 amide bonds. The maximum Gasteiger partial charge on any atom is 0.188 e. The Bertz CT molecular complexity index is 611. The van der Waals surface area contributed by atoms with Gasteiger partial charge in [-0.15, -0.1) is 24.0 Å². The number of benzene rings is 2. The van der Waals surface area contributed by atoms with Crippen molar-refractivity contribution in [1.29, 1.82) is 0 Å². The summed E-state index contributed by atoms with van der Waals surface area (Å²) in [6.07, 6.45) is 1.83. The quantitative estimate of drug-likeness (QED) is 0.294. The fourth-order valence-corrected chi connectivity index (χ4v) is 2.40. The van der Waals surface area contributed by atoms with E-state index in [0.29, 0.717) is 12.5 Å². The van der Waals surface area contributed by atoms with E-state index in [9.17, 15) is 0 Å². The van der Waals surface area contributed by atoms with Crippen molar-refractivity contribution in [3.63, 3.8) is 0 Å². The molecule has 0 fully saturated rings. The lowest BCUT2D eigenvalue weighted by Crippen LogP contribution is -2.33. The van der Waals surface area contributed by atoms with Gasteiger partial charge in [-0.3, -0.25) is 4.99 Å². The van der Waals surface area contributed by atoms with Crippen molar-refractivity contribution in [2.24, 2.45) is 10.7 Å². The standard InChI is InChI=1S/C18H25N3O.HI/c1-2-22-14-6-12-20-18(19)21-13-11-16-9-5-8-15-7-3-4-10-17(15)16;/h3-5,7-10H,2,6,11-14H2,1H3,(H3,19,20,21);1H. The Morgan fingerprint density at radius 3 is 2.78 bits per heavy atom. The summed E-state index contributed by atoms with van der Waals surface area (Å²) in [5.41, 5.74) is 7.19. The van der Waals surface area contributed by atoms with E-state index in [1.807, 2.05) is 6.92 Å². The molecule has 2 aromatic rings. The first kappa shape index (κ1) is 19.7. The number of nitrogens with zero attached hydrogens (tertiary/aromatic N) is 1. The molecule has 2 rings (SSSR count). The number of ether oxygens (including phenoxy) is 1. The van der Waals surface area contributed by atoms with Crippen LogP contribution in [0.15, 0.2) is 47.5 Å². The Kier molecular flexibility index (Phi) is 9.63. The number of nitrogens with two attached hydrogens (primary N) is 1. The Labute approximate surface area is 155 Å². The largest absolute Gasteiger partial charge is 0.382 e. The topological polar surface area (TPSA) is 59.6 Å². The second kappa shape index (κ2) is 11.2. The van der Waals surface area contributed by atoms with E-state index in [-0.39, 0.29) is 24.0 Å². The molecule has 3 N–H and O–H groups in total. The summed E-state index contributed by atoms with van der Waals surface area (Å²) in [7, 11) is 0. The predicted octanol–water partition coefficient (Wildman–Crippen LogP) is 3.33. The van der Waals surface area contributed by atoms with Crippen molar-refractivity contribution < 1.29 is 4.74 Å². The normalized spacial score (nSPS) is 11.3. The molecule has 0 saturated heterocycles. The highest BCUT2D eigenvalue weighted by atomic mass is 127. The van der Waals surface area contributed by atoms with Crippen molar-refractivity contribution in [3.05, 3.63) is 48.0 Å². The maximum atomic E-state index is 5.86. The predicted molar refractivity (Wildman–Crippen MR) is 109 cm³/mol. The van der Waals surface area contributed by atoms with E-state index in [1.165, 1.54) is 16.3 Å². The molecule has 5 heteroatoms. The molecule has 0 bridgehead atoms. The minimum Gasteiger partial charge on any atom is -0.382 e. The van der Waals surface area contributed by atoms with Crippen molar-refractivity contribution >= 4 is 40.7 Å². The number of guanidine groups is 1. The highest BCUT2D eigenvalue weighted by Gasteiger charge is 2.00. The summed E-state index contributed by atoms with van der Waals surface area (Å²) in [5.74, 6) is 0.511. The third-order valence-corrected chi connectivity index (χ3v) is 3.51. The fourth-order valence-electron chi connectivity index (χ4n) is 2.40. The van der Waals surface area contributed by atoms with E-state index >= 15 is 0 Å². The van der Waals surface area contributed by atoms with Gasteiger partial charge in [0, 0.05) is 26.3 Å². The Hall–Kier alpha value is -1.34. The number of aliphatic imine (C=N–C) groups is 1. The summed E-state index contributed by atoms with van der Waals surface area (Å²) in [5, 5.41) is 5.75. The summed E-state index contributed by atoms with van der Waals surface area (Å²) < 4.78 is 5.26. The first-order valence-corrected chi connectivity index (χ1v) is 7.89. The summed E-state index contributed by atoms with van der Waals surface area (Å²) in [4.78, 5) is 4.29. The number of nitrogens with one attached hydrogen (secondary N) is 1. The van der Waals surface area contributed by atoms with Crippen LogP contribution in [0.2, 0.25) is 0 Å². The van der Waals surface area contributed by atoms with Crippen LogP contribution in [0.25, 0.3) is 10.8 Å². The van der Waals surface area contributed by atoms with Gasteiger partial charge in [0.05, 0.1) is 0 Å². The summed E-state index contributed by atoms with van der Waals surface area (Å²) >= 11 is 0. The molecule has 0 aromatic heterocycles. The second-order valence-corrected chi connectivity index (χ2v) is 5.13. The summed E-state index contributed by atoms with van der Waals surface area (Å²) in [6.45, 7) is 4.97. The van der Waals surface area contributed by atoms with Crippen LogP contribution in [0.5, 0.6) is 0 Å². The second-order valence-electron chi connectivity index (χ2n) is 5.13. The van der Waals surface area contributed by atoms with Crippen LogP contribution in [0.3, 0.4) is 0 Å². The molecule has 0 atom stereocenters. The zero-order valence-corrected chi connectivity index (χ0v) is 16.0. The molecule has 0 aliphatic heterocycles. The van der Waals surface area contributed by atoms with E-state index < -0.39 is 0 Å². The van der Waals surface area contributed by atoms with Gasteiger partial charge in [-0.1, -0.05) is 42.5 Å². The monoisotopic (exact) mass is 427 g/mol. The third kappa shape index (κ3) is 6.74. The van der Waals surface area contributed by atoms with Crippen LogP contribution in [-0.4, -0.2) is 32.3 Å². The minimum absolute atomic E-state index is 0. The molecule has 0 saturated carbocycles. The molecule has 4 nitrogen and oxygen atoms in total. The van der Waals surface area contributed by atoms with Crippen LogP contribution in [0.4, 0.5) is 0 Å². The molecular formula is C18H26IN3O. The van der Waals surface area contributed by atoms with Gasteiger partial charge in [-0.25, -0.2) is 0 Å². The van der Waals surface area contributed by atoms with Crippen molar-refractivity contribution in [2.45, 2.75) is 19.8 Å². The molecule has 0 aliphatic carbocycles. The van der Waals surface area contributed by atoms with Crippen LogP contribution < -0.4 is 11.1 Å². The van der Waals surface area contributed by atoms with Gasteiger partial charge in [0.2, 0.25) is 0 Å². The van der Waals surface area contributed by atoms with Gasteiger partial charge >= 0.3 is 0 Å². The van der Waals surface area contributed by atoms with E-state index in [0.717, 1.165) is 32.6 Å². The number of fused-ring (bicyclic) bond motifs is 1. The minimum atomic E-state index is 0. The number of halogens is 1. The SMILES string of the molecule is CCOCCCN=C(N)NCCc1cccc2ccccc12.I. The smallest absolute Gasteiger partial charge is 0.188 e. The lowest BCUT2D eigenvalue weighted by Gasteiger charge is -2.08. The molecule has 0 spiro atoms. The lowest BCUT2D eigenvalue weighted by molar-refractivity contribution is 0.146. The molecule has 0 heterocycles. The van der Waals surface area contributed by atoms with Crippen molar-refractivity contribution in [3.8, 4) is 0 Å². The molecule has 0 aliphatic rings. The zero-order valence-electron chi connectivity index (χ0n) is 13.6. The molecule has 126 valence electrons. The molecule has 0 radical (unpaired) electrons. The van der Waals surface area contributed by atoms with Crippen LogP contribution >= 0.6 is 24.0 Å². The van der Waals surface area contributed by atoms with E-state index in [4.69, 9.17) is 10.5 Å². The van der Waals surface area contributed by atoms with Gasteiger partial charge in [0.25, 0.3) is 0 Å². The van der Waals surface area contributed by atoms with Crippen molar-refractivity contribution in [1.82, 2.24) is 5.32 Å². The van der Waals surface area contributed by atoms with Gasteiger partial charge in [-0.2, -0.15) is 0 Å².